The van der Waals surface area contributed by atoms with Gasteiger partial charge in [-0.3, -0.25) is 9.78 Å². The number of ketones is 1. The molecule has 4 rings (SSSR count). The molecule has 0 amide bonds. The van der Waals surface area contributed by atoms with Gasteiger partial charge in [0.1, 0.15) is 11.5 Å². The van der Waals surface area contributed by atoms with Gasteiger partial charge in [0.15, 0.2) is 6.61 Å². The molecular formula is C28H35F4N3O2. The summed E-state index contributed by atoms with van der Waals surface area (Å²) in [4.78, 5) is 23.2. The summed E-state index contributed by atoms with van der Waals surface area (Å²) >= 11 is 0. The van der Waals surface area contributed by atoms with Crippen molar-refractivity contribution < 1.29 is 27.1 Å². The zero-order valence-corrected chi connectivity index (χ0v) is 21.3. The highest BCUT2D eigenvalue weighted by Gasteiger charge is 2.36. The molecule has 9 heteroatoms. The summed E-state index contributed by atoms with van der Waals surface area (Å²) in [6.07, 6.45) is 2.42. The minimum absolute atomic E-state index is 0.0154. The van der Waals surface area contributed by atoms with E-state index in [1.54, 1.807) is 12.3 Å². The van der Waals surface area contributed by atoms with Crippen molar-refractivity contribution >= 4 is 5.78 Å². The van der Waals surface area contributed by atoms with Gasteiger partial charge in [-0.1, -0.05) is 6.07 Å². The first-order valence-electron chi connectivity index (χ1n) is 13.1. The Morgan fingerprint density at radius 3 is 2.65 bits per heavy atom. The largest absolute Gasteiger partial charge is 0.468 e. The van der Waals surface area contributed by atoms with E-state index in [0.29, 0.717) is 51.6 Å². The molecule has 1 fully saturated rings. The molecule has 1 saturated carbocycles. The maximum Gasteiger partial charge on any atom is 0.422 e. The molecular weight excluding hydrogens is 486 g/mol. The standard InChI is InChI=1S/C28H35F4N3O2/c1-20-16-22(6-12-33-20)18-24(36)17-21-4-9-27(29,10-5-21)11-15-35-13-7-23-2-3-26(34-25(23)8-14-35)37-19-28(30,31)32/h2-3,6,12,16,21H,4-5,7-11,13-15,17-19H2,1H3. The maximum atomic E-state index is 15.6. The zero-order valence-electron chi connectivity index (χ0n) is 21.3. The Bertz CT molecular complexity index is 1070. The fraction of sp³-hybridized carbons (Fsp3) is 0.607. The predicted molar refractivity (Wildman–Crippen MR) is 132 cm³/mol. The zero-order chi connectivity index (χ0) is 26.5. The van der Waals surface area contributed by atoms with Crippen LogP contribution in [-0.4, -0.2) is 58.7 Å². The van der Waals surface area contributed by atoms with Crippen LogP contribution in [0.1, 0.15) is 61.0 Å². The Balaban J connectivity index is 1.20. The van der Waals surface area contributed by atoms with E-state index in [2.05, 4.69) is 14.9 Å². The second-order valence-electron chi connectivity index (χ2n) is 10.6. The Hall–Kier alpha value is -2.55. The summed E-state index contributed by atoms with van der Waals surface area (Å²) in [7, 11) is 0. The molecule has 0 aromatic carbocycles. The van der Waals surface area contributed by atoms with Gasteiger partial charge in [0.25, 0.3) is 0 Å². The molecule has 0 saturated heterocycles. The first kappa shape index (κ1) is 27.5. The van der Waals surface area contributed by atoms with E-state index in [9.17, 15) is 18.0 Å². The second kappa shape index (κ2) is 11.9. The van der Waals surface area contributed by atoms with Gasteiger partial charge in [-0.05, 0) is 74.6 Å². The topological polar surface area (TPSA) is 55.3 Å². The van der Waals surface area contributed by atoms with Gasteiger partial charge < -0.3 is 9.64 Å². The van der Waals surface area contributed by atoms with Crippen LogP contribution in [0.25, 0.3) is 0 Å². The molecule has 1 aliphatic heterocycles. The van der Waals surface area contributed by atoms with Crippen LogP contribution >= 0.6 is 0 Å². The van der Waals surface area contributed by atoms with E-state index in [4.69, 9.17) is 4.74 Å². The lowest BCUT2D eigenvalue weighted by Crippen LogP contribution is -2.36. The highest BCUT2D eigenvalue weighted by Crippen LogP contribution is 2.39. The second-order valence-corrected chi connectivity index (χ2v) is 10.6. The van der Waals surface area contributed by atoms with Crippen LogP contribution in [0.5, 0.6) is 5.88 Å². The molecule has 2 aromatic heterocycles. The van der Waals surface area contributed by atoms with Gasteiger partial charge in [0.05, 0.1) is 0 Å². The number of hydrogen-bond donors (Lipinski definition) is 0. The van der Waals surface area contributed by atoms with Crippen molar-refractivity contribution in [2.24, 2.45) is 5.92 Å². The third-order valence-electron chi connectivity index (χ3n) is 7.54. The number of halogens is 4. The fourth-order valence-electron chi connectivity index (χ4n) is 5.41. The van der Waals surface area contributed by atoms with Crippen LogP contribution in [0.3, 0.4) is 0 Å². The summed E-state index contributed by atoms with van der Waals surface area (Å²) < 4.78 is 57.7. The number of hydrogen-bond acceptors (Lipinski definition) is 5. The van der Waals surface area contributed by atoms with Gasteiger partial charge in [0.2, 0.25) is 5.88 Å². The lowest BCUT2D eigenvalue weighted by Gasteiger charge is -2.35. The summed E-state index contributed by atoms with van der Waals surface area (Å²) in [6, 6.07) is 7.07. The number of aryl methyl sites for hydroxylation is 1. The molecule has 0 spiro atoms. The Morgan fingerprint density at radius 2 is 1.92 bits per heavy atom. The van der Waals surface area contributed by atoms with E-state index < -0.39 is 18.5 Å². The third-order valence-corrected chi connectivity index (χ3v) is 7.54. The van der Waals surface area contributed by atoms with Crippen molar-refractivity contribution in [3.63, 3.8) is 0 Å². The average Bonchev–Trinajstić information content (AvgIpc) is 3.05. The molecule has 0 N–H and O–H groups in total. The molecule has 5 nitrogen and oxygen atoms in total. The quantitative estimate of drug-likeness (QED) is 0.401. The first-order valence-corrected chi connectivity index (χ1v) is 13.1. The number of pyridine rings is 2. The number of ether oxygens (including phenoxy) is 1. The van der Waals surface area contributed by atoms with Crippen molar-refractivity contribution in [2.75, 3.05) is 26.2 Å². The van der Waals surface area contributed by atoms with E-state index in [1.165, 1.54) is 6.07 Å². The molecule has 0 bridgehead atoms. The van der Waals surface area contributed by atoms with E-state index in [-0.39, 0.29) is 17.6 Å². The van der Waals surface area contributed by atoms with Crippen LogP contribution in [0.15, 0.2) is 30.5 Å². The molecule has 3 heterocycles. The number of fused-ring (bicyclic) bond motifs is 1. The number of alkyl halides is 4. The molecule has 1 aliphatic carbocycles. The average molecular weight is 522 g/mol. The van der Waals surface area contributed by atoms with Crippen molar-refractivity contribution in [3.05, 3.63) is 53.0 Å². The highest BCUT2D eigenvalue weighted by atomic mass is 19.4. The number of carbonyl (C=O) groups excluding carboxylic acids is 1. The Morgan fingerprint density at radius 1 is 1.16 bits per heavy atom. The lowest BCUT2D eigenvalue weighted by atomic mass is 9.76. The number of carbonyl (C=O) groups is 1. The van der Waals surface area contributed by atoms with E-state index >= 15 is 4.39 Å². The summed E-state index contributed by atoms with van der Waals surface area (Å²) in [6.45, 7) is 2.63. The fourth-order valence-corrected chi connectivity index (χ4v) is 5.41. The molecule has 202 valence electrons. The molecule has 0 radical (unpaired) electrons. The normalized spacial score (nSPS) is 22.8. The summed E-state index contributed by atoms with van der Waals surface area (Å²) in [5, 5.41) is 0. The van der Waals surface area contributed by atoms with Crippen LogP contribution in [0.4, 0.5) is 17.6 Å². The van der Waals surface area contributed by atoms with Gasteiger partial charge in [-0.15, -0.1) is 0 Å². The minimum Gasteiger partial charge on any atom is -0.468 e. The van der Waals surface area contributed by atoms with Gasteiger partial charge >= 0.3 is 6.18 Å². The van der Waals surface area contributed by atoms with Crippen LogP contribution in [-0.2, 0) is 24.1 Å². The van der Waals surface area contributed by atoms with Crippen molar-refractivity contribution in [1.82, 2.24) is 14.9 Å². The highest BCUT2D eigenvalue weighted by molar-refractivity contribution is 5.81. The predicted octanol–water partition coefficient (Wildman–Crippen LogP) is 5.62. The van der Waals surface area contributed by atoms with E-state index in [1.807, 2.05) is 19.1 Å². The summed E-state index contributed by atoms with van der Waals surface area (Å²) in [5.74, 6) is 0.428. The van der Waals surface area contributed by atoms with Crippen LogP contribution in [0, 0.1) is 12.8 Å². The first-order chi connectivity index (χ1) is 17.6. The molecule has 2 aromatic rings. The SMILES string of the molecule is Cc1cc(CC(=O)CC2CCC(F)(CCN3CCc4ccc(OCC(F)(F)F)nc4CC3)CC2)ccn1. The monoisotopic (exact) mass is 521 g/mol. The Kier molecular flexibility index (Phi) is 8.82. The lowest BCUT2D eigenvalue weighted by molar-refractivity contribution is -0.154. The van der Waals surface area contributed by atoms with Crippen molar-refractivity contribution in [2.45, 2.75) is 76.6 Å². The minimum atomic E-state index is -4.40. The summed E-state index contributed by atoms with van der Waals surface area (Å²) in [5.41, 5.74) is 2.42. The van der Waals surface area contributed by atoms with Crippen LogP contribution < -0.4 is 4.74 Å². The van der Waals surface area contributed by atoms with Gasteiger partial charge in [-0.25, -0.2) is 9.37 Å². The number of aromatic nitrogens is 2. The molecule has 37 heavy (non-hydrogen) atoms. The Labute approximate surface area is 215 Å². The smallest absolute Gasteiger partial charge is 0.422 e. The van der Waals surface area contributed by atoms with Crippen molar-refractivity contribution in [1.29, 1.82) is 0 Å². The molecule has 0 unspecified atom stereocenters. The number of nitrogens with zero attached hydrogens (tertiary/aromatic N) is 3. The number of rotatable bonds is 9. The molecule has 0 atom stereocenters. The molecule has 2 aliphatic rings. The van der Waals surface area contributed by atoms with E-state index in [0.717, 1.165) is 48.3 Å². The van der Waals surface area contributed by atoms with Crippen LogP contribution in [0.2, 0.25) is 0 Å². The van der Waals surface area contributed by atoms with Gasteiger partial charge in [0, 0.05) is 62.5 Å². The van der Waals surface area contributed by atoms with Crippen molar-refractivity contribution in [3.8, 4) is 5.88 Å². The van der Waals surface area contributed by atoms with Gasteiger partial charge in [-0.2, -0.15) is 13.2 Å². The third kappa shape index (κ3) is 8.48. The maximum absolute atomic E-state index is 15.6. The number of Topliss-reactive ketones (excluding diaryl/α,β-unsaturated/α-hetero) is 1.